The minimum Gasteiger partial charge on any atom is -0.481 e. The molecular formula is C19H25NO3. The topological polar surface area (TPSA) is 57.6 Å². The van der Waals surface area contributed by atoms with Crippen molar-refractivity contribution < 1.29 is 14.7 Å². The minimum absolute atomic E-state index is 0.0834. The first-order valence-corrected chi connectivity index (χ1v) is 8.31. The Morgan fingerprint density at radius 3 is 2.70 bits per heavy atom. The second-order valence-corrected chi connectivity index (χ2v) is 6.19. The molecule has 1 amide bonds. The molecule has 23 heavy (non-hydrogen) atoms. The lowest BCUT2D eigenvalue weighted by atomic mass is 9.97. The molecule has 1 unspecified atom stereocenters. The molecule has 0 spiro atoms. The Labute approximate surface area is 137 Å². The van der Waals surface area contributed by atoms with Gasteiger partial charge >= 0.3 is 5.97 Å². The van der Waals surface area contributed by atoms with Gasteiger partial charge in [-0.2, -0.15) is 0 Å². The first-order valence-electron chi connectivity index (χ1n) is 8.31. The number of hydrogen-bond donors (Lipinski definition) is 1. The fourth-order valence-electron chi connectivity index (χ4n) is 3.01. The molecular weight excluding hydrogens is 290 g/mol. The van der Waals surface area contributed by atoms with Crippen LogP contribution in [0.2, 0.25) is 0 Å². The van der Waals surface area contributed by atoms with Crippen LogP contribution in [0.3, 0.4) is 0 Å². The van der Waals surface area contributed by atoms with Gasteiger partial charge in [-0.25, -0.2) is 0 Å². The number of carbonyl (C=O) groups is 2. The Kier molecular flexibility index (Phi) is 6.39. The van der Waals surface area contributed by atoms with Gasteiger partial charge < -0.3 is 10.0 Å². The van der Waals surface area contributed by atoms with Gasteiger partial charge in [-0.1, -0.05) is 42.0 Å². The van der Waals surface area contributed by atoms with Gasteiger partial charge in [-0.05, 0) is 38.2 Å². The zero-order valence-electron chi connectivity index (χ0n) is 13.7. The van der Waals surface area contributed by atoms with Crippen LogP contribution in [0.25, 0.3) is 6.08 Å². The lowest BCUT2D eigenvalue weighted by Gasteiger charge is -2.35. The van der Waals surface area contributed by atoms with Crippen LogP contribution in [0.4, 0.5) is 0 Å². The van der Waals surface area contributed by atoms with Crippen LogP contribution in [0.5, 0.6) is 0 Å². The van der Waals surface area contributed by atoms with E-state index < -0.39 is 5.97 Å². The third-order valence-electron chi connectivity index (χ3n) is 4.32. The predicted octanol–water partition coefficient (Wildman–Crippen LogP) is 3.64. The molecule has 0 radical (unpaired) electrons. The molecule has 1 aliphatic rings. The van der Waals surface area contributed by atoms with Gasteiger partial charge in [0.2, 0.25) is 5.91 Å². The normalized spacial score (nSPS) is 18.3. The summed E-state index contributed by atoms with van der Waals surface area (Å²) in [6.45, 7) is 2.80. The summed E-state index contributed by atoms with van der Waals surface area (Å²) >= 11 is 0. The van der Waals surface area contributed by atoms with Crippen LogP contribution >= 0.6 is 0 Å². The molecule has 1 aliphatic heterocycles. The largest absolute Gasteiger partial charge is 0.481 e. The molecule has 0 saturated carbocycles. The van der Waals surface area contributed by atoms with Gasteiger partial charge in [0.25, 0.3) is 0 Å². The van der Waals surface area contributed by atoms with Gasteiger partial charge in [0.05, 0.1) is 0 Å². The van der Waals surface area contributed by atoms with E-state index in [0.29, 0.717) is 12.8 Å². The summed E-state index contributed by atoms with van der Waals surface area (Å²) in [6, 6.07) is 8.25. The highest BCUT2D eigenvalue weighted by Crippen LogP contribution is 2.22. The molecule has 1 saturated heterocycles. The van der Waals surface area contributed by atoms with Crippen LogP contribution in [-0.2, 0) is 9.59 Å². The van der Waals surface area contributed by atoms with Crippen LogP contribution in [-0.4, -0.2) is 34.5 Å². The van der Waals surface area contributed by atoms with Crippen LogP contribution in [0.15, 0.2) is 30.3 Å². The number of rotatable bonds is 6. The lowest BCUT2D eigenvalue weighted by molar-refractivity contribution is -0.139. The maximum absolute atomic E-state index is 12.4. The third-order valence-corrected chi connectivity index (χ3v) is 4.32. The number of likely N-dealkylation sites (tertiary alicyclic amines) is 1. The number of piperidine rings is 1. The third kappa shape index (κ3) is 5.55. The summed E-state index contributed by atoms with van der Waals surface area (Å²) in [5, 5.41) is 8.84. The van der Waals surface area contributed by atoms with E-state index in [-0.39, 0.29) is 18.4 Å². The zero-order chi connectivity index (χ0) is 16.7. The molecule has 4 nitrogen and oxygen atoms in total. The van der Waals surface area contributed by atoms with Gasteiger partial charge in [-0.3, -0.25) is 9.59 Å². The van der Waals surface area contributed by atoms with E-state index >= 15 is 0 Å². The van der Waals surface area contributed by atoms with Crippen LogP contribution in [0.1, 0.15) is 49.7 Å². The average Bonchev–Trinajstić information content (AvgIpc) is 2.55. The molecule has 0 aliphatic carbocycles. The Balaban J connectivity index is 1.89. The standard InChI is InChI=1S/C19H25NO3/c1-15-8-10-16(11-9-15)5-4-7-18(21)20-14-3-2-6-17(20)12-13-19(22)23/h4-5,8-11,17H,2-3,6-7,12-14H2,1H3,(H,22,23)/b5-4+. The summed E-state index contributed by atoms with van der Waals surface area (Å²) in [5.41, 5.74) is 2.30. The Hall–Kier alpha value is -2.10. The highest BCUT2D eigenvalue weighted by atomic mass is 16.4. The Bertz CT molecular complexity index is 562. The van der Waals surface area contributed by atoms with E-state index in [0.717, 1.165) is 31.4 Å². The summed E-state index contributed by atoms with van der Waals surface area (Å²) in [6.07, 6.45) is 7.93. The SMILES string of the molecule is Cc1ccc(/C=C/CC(=O)N2CCCCC2CCC(=O)O)cc1. The summed E-state index contributed by atoms with van der Waals surface area (Å²) < 4.78 is 0. The fraction of sp³-hybridized carbons (Fsp3) is 0.474. The van der Waals surface area contributed by atoms with Crippen molar-refractivity contribution in [3.05, 3.63) is 41.5 Å². The maximum atomic E-state index is 12.4. The smallest absolute Gasteiger partial charge is 0.303 e. The zero-order valence-corrected chi connectivity index (χ0v) is 13.7. The molecule has 0 aromatic heterocycles. The lowest BCUT2D eigenvalue weighted by Crippen LogP contribution is -2.43. The molecule has 2 rings (SSSR count). The van der Waals surface area contributed by atoms with E-state index in [9.17, 15) is 9.59 Å². The van der Waals surface area contributed by atoms with Crippen molar-refractivity contribution in [2.24, 2.45) is 0 Å². The van der Waals surface area contributed by atoms with Crippen molar-refractivity contribution in [2.75, 3.05) is 6.54 Å². The second-order valence-electron chi connectivity index (χ2n) is 6.19. The highest BCUT2D eigenvalue weighted by molar-refractivity contribution is 5.79. The summed E-state index contributed by atoms with van der Waals surface area (Å²) in [4.78, 5) is 25.1. The minimum atomic E-state index is -0.790. The van der Waals surface area contributed by atoms with E-state index in [1.54, 1.807) is 0 Å². The average molecular weight is 315 g/mol. The Morgan fingerprint density at radius 1 is 1.26 bits per heavy atom. The van der Waals surface area contributed by atoms with Crippen molar-refractivity contribution in [1.29, 1.82) is 0 Å². The number of carbonyl (C=O) groups excluding carboxylic acids is 1. The number of hydrogen-bond acceptors (Lipinski definition) is 2. The molecule has 1 atom stereocenters. The van der Waals surface area contributed by atoms with Gasteiger partial charge in [0.15, 0.2) is 0 Å². The molecule has 1 N–H and O–H groups in total. The van der Waals surface area contributed by atoms with Crippen molar-refractivity contribution in [2.45, 2.75) is 51.5 Å². The van der Waals surface area contributed by atoms with Crippen molar-refractivity contribution in [3.8, 4) is 0 Å². The molecule has 124 valence electrons. The predicted molar refractivity (Wildman–Crippen MR) is 91.1 cm³/mol. The quantitative estimate of drug-likeness (QED) is 0.872. The molecule has 0 bridgehead atoms. The second kappa shape index (κ2) is 8.51. The number of aliphatic carboxylic acids is 1. The molecule has 1 heterocycles. The first-order chi connectivity index (χ1) is 11.1. The van der Waals surface area contributed by atoms with Crippen molar-refractivity contribution in [3.63, 3.8) is 0 Å². The first kappa shape index (κ1) is 17.3. The van der Waals surface area contributed by atoms with Gasteiger partial charge in [-0.15, -0.1) is 0 Å². The monoisotopic (exact) mass is 315 g/mol. The maximum Gasteiger partial charge on any atom is 0.303 e. The van der Waals surface area contributed by atoms with Crippen molar-refractivity contribution in [1.82, 2.24) is 4.90 Å². The van der Waals surface area contributed by atoms with E-state index in [4.69, 9.17) is 5.11 Å². The number of carboxylic acid groups (broad SMARTS) is 1. The number of amides is 1. The summed E-state index contributed by atoms with van der Waals surface area (Å²) in [5.74, 6) is -0.689. The van der Waals surface area contributed by atoms with E-state index in [1.165, 1.54) is 5.56 Å². The molecule has 1 fully saturated rings. The number of benzene rings is 1. The number of carboxylic acids is 1. The number of nitrogens with zero attached hydrogens (tertiary/aromatic N) is 1. The molecule has 1 aromatic carbocycles. The van der Waals surface area contributed by atoms with E-state index in [1.807, 2.05) is 48.2 Å². The van der Waals surface area contributed by atoms with Gasteiger partial charge in [0.1, 0.15) is 0 Å². The Morgan fingerprint density at radius 2 is 2.00 bits per heavy atom. The van der Waals surface area contributed by atoms with Crippen molar-refractivity contribution >= 4 is 18.0 Å². The highest BCUT2D eigenvalue weighted by Gasteiger charge is 2.26. The number of aryl methyl sites for hydroxylation is 1. The van der Waals surface area contributed by atoms with Crippen LogP contribution < -0.4 is 0 Å². The van der Waals surface area contributed by atoms with Crippen LogP contribution in [0, 0.1) is 6.92 Å². The summed E-state index contributed by atoms with van der Waals surface area (Å²) in [7, 11) is 0. The molecule has 4 heteroatoms. The fourth-order valence-corrected chi connectivity index (χ4v) is 3.01. The van der Waals surface area contributed by atoms with Gasteiger partial charge in [0, 0.05) is 25.4 Å². The van der Waals surface area contributed by atoms with E-state index in [2.05, 4.69) is 0 Å². The molecule has 1 aromatic rings.